The second kappa shape index (κ2) is 8.20. The van der Waals surface area contributed by atoms with Gasteiger partial charge in [-0.15, -0.1) is 0 Å². The molecule has 4 heteroatoms. The van der Waals surface area contributed by atoms with Gasteiger partial charge in [0.25, 0.3) is 5.91 Å². The first-order valence-corrected chi connectivity index (χ1v) is 9.53. The van der Waals surface area contributed by atoms with E-state index in [4.69, 9.17) is 0 Å². The molecule has 0 spiro atoms. The Balaban J connectivity index is 1.80. The summed E-state index contributed by atoms with van der Waals surface area (Å²) in [5, 5.41) is 12.3. The number of amides is 1. The van der Waals surface area contributed by atoms with Crippen LogP contribution in [0, 0.1) is 11.3 Å². The highest BCUT2D eigenvalue weighted by Gasteiger charge is 2.24. The van der Waals surface area contributed by atoms with Gasteiger partial charge >= 0.3 is 0 Å². The first-order chi connectivity index (χ1) is 12.2. The highest BCUT2D eigenvalue weighted by atomic mass is 16.1. The van der Waals surface area contributed by atoms with Crippen LogP contribution in [0.4, 0.5) is 5.69 Å². The Labute approximate surface area is 150 Å². The van der Waals surface area contributed by atoms with Crippen LogP contribution in [0.15, 0.2) is 17.7 Å². The molecule has 2 heterocycles. The second-order valence-electron chi connectivity index (χ2n) is 7.01. The summed E-state index contributed by atoms with van der Waals surface area (Å²) in [6, 6.07) is 6.40. The van der Waals surface area contributed by atoms with Crippen molar-refractivity contribution in [2.24, 2.45) is 0 Å². The lowest BCUT2D eigenvalue weighted by Gasteiger charge is -2.37. The molecule has 1 amide bonds. The molecule has 132 valence electrons. The molecule has 0 saturated heterocycles. The van der Waals surface area contributed by atoms with Crippen molar-refractivity contribution in [3.63, 3.8) is 0 Å². The smallest absolute Gasteiger partial charge is 0.261 e. The van der Waals surface area contributed by atoms with E-state index in [2.05, 4.69) is 35.3 Å². The average Bonchev–Trinajstić information content (AvgIpc) is 2.63. The minimum Gasteiger partial charge on any atom is -0.371 e. The number of hydrogen-bond acceptors (Lipinski definition) is 3. The van der Waals surface area contributed by atoms with Gasteiger partial charge in [0.2, 0.25) is 0 Å². The van der Waals surface area contributed by atoms with Crippen molar-refractivity contribution in [3.05, 3.63) is 34.4 Å². The zero-order chi connectivity index (χ0) is 17.6. The van der Waals surface area contributed by atoms with Gasteiger partial charge in [0, 0.05) is 25.3 Å². The predicted molar refractivity (Wildman–Crippen MR) is 101 cm³/mol. The van der Waals surface area contributed by atoms with E-state index in [1.807, 2.05) is 0 Å². The second-order valence-corrected chi connectivity index (χ2v) is 7.01. The van der Waals surface area contributed by atoms with Gasteiger partial charge in [-0.3, -0.25) is 4.79 Å². The normalized spacial score (nSPS) is 16.2. The van der Waals surface area contributed by atoms with E-state index in [0.717, 1.165) is 50.8 Å². The van der Waals surface area contributed by atoms with E-state index >= 15 is 0 Å². The largest absolute Gasteiger partial charge is 0.371 e. The summed E-state index contributed by atoms with van der Waals surface area (Å²) in [5.74, 6) is -0.258. The first-order valence-electron chi connectivity index (χ1n) is 9.53. The number of benzene rings is 1. The van der Waals surface area contributed by atoms with E-state index in [1.165, 1.54) is 29.7 Å². The maximum Gasteiger partial charge on any atom is 0.261 e. The molecule has 2 aliphatic heterocycles. The SMILES string of the molecule is CCCCCNC(=O)/C(C#N)=C/c1cc2c3c(c1)CCCN3CCC2. The van der Waals surface area contributed by atoms with Gasteiger partial charge < -0.3 is 10.2 Å². The lowest BCUT2D eigenvalue weighted by atomic mass is 9.89. The Hall–Kier alpha value is -2.28. The quantitative estimate of drug-likeness (QED) is 0.490. The summed E-state index contributed by atoms with van der Waals surface area (Å²) in [6.45, 7) is 5.07. The number of anilines is 1. The van der Waals surface area contributed by atoms with Gasteiger partial charge in [-0.05, 0) is 67.0 Å². The van der Waals surface area contributed by atoms with Crippen LogP contribution in [0.2, 0.25) is 0 Å². The first kappa shape index (κ1) is 17.5. The molecule has 0 fully saturated rings. The van der Waals surface area contributed by atoms with Crippen LogP contribution < -0.4 is 10.2 Å². The summed E-state index contributed by atoms with van der Waals surface area (Å²) in [7, 11) is 0. The molecule has 0 aromatic heterocycles. The average molecular weight is 337 g/mol. The van der Waals surface area contributed by atoms with Crippen LogP contribution in [0.5, 0.6) is 0 Å². The van der Waals surface area contributed by atoms with Crippen LogP contribution in [0.3, 0.4) is 0 Å². The third-order valence-corrected chi connectivity index (χ3v) is 5.10. The zero-order valence-corrected chi connectivity index (χ0v) is 15.1. The molecule has 0 atom stereocenters. The standard InChI is InChI=1S/C21H27N3O/c1-2-3-4-9-23-21(25)19(15-22)14-16-12-17-7-5-10-24-11-6-8-18(13-16)20(17)24/h12-14H,2-11H2,1H3,(H,23,25)/b19-14+. The van der Waals surface area contributed by atoms with Crippen LogP contribution in [0.25, 0.3) is 6.08 Å². The lowest BCUT2D eigenvalue weighted by Crippen LogP contribution is -2.34. The molecule has 1 N–H and O–H groups in total. The van der Waals surface area contributed by atoms with Crippen molar-refractivity contribution in [2.75, 3.05) is 24.5 Å². The van der Waals surface area contributed by atoms with Crippen LogP contribution in [-0.2, 0) is 17.6 Å². The van der Waals surface area contributed by atoms with Crippen molar-refractivity contribution >= 4 is 17.7 Å². The minimum absolute atomic E-state index is 0.201. The fourth-order valence-corrected chi connectivity index (χ4v) is 3.90. The molecule has 2 aliphatic rings. The van der Waals surface area contributed by atoms with E-state index in [0.29, 0.717) is 6.54 Å². The molecular weight excluding hydrogens is 310 g/mol. The molecule has 4 nitrogen and oxygen atoms in total. The number of carbonyl (C=O) groups is 1. The third-order valence-electron chi connectivity index (χ3n) is 5.10. The number of rotatable bonds is 6. The molecule has 1 aromatic rings. The summed E-state index contributed by atoms with van der Waals surface area (Å²) >= 11 is 0. The Morgan fingerprint density at radius 1 is 1.24 bits per heavy atom. The number of hydrogen-bond donors (Lipinski definition) is 1. The highest BCUT2D eigenvalue weighted by molar-refractivity contribution is 6.01. The maximum absolute atomic E-state index is 12.2. The van der Waals surface area contributed by atoms with Crippen molar-refractivity contribution in [1.82, 2.24) is 5.32 Å². The van der Waals surface area contributed by atoms with Crippen LogP contribution in [0.1, 0.15) is 55.7 Å². The van der Waals surface area contributed by atoms with Crippen molar-refractivity contribution < 1.29 is 4.79 Å². The van der Waals surface area contributed by atoms with E-state index < -0.39 is 0 Å². The number of nitriles is 1. The number of unbranched alkanes of at least 4 members (excludes halogenated alkanes) is 2. The van der Waals surface area contributed by atoms with Gasteiger partial charge in [0.05, 0.1) is 0 Å². The molecule has 0 aliphatic carbocycles. The number of nitrogens with zero attached hydrogens (tertiary/aromatic N) is 2. The Bertz CT molecular complexity index is 683. The summed E-state index contributed by atoms with van der Waals surface area (Å²) in [5.41, 5.74) is 5.34. The van der Waals surface area contributed by atoms with E-state index in [-0.39, 0.29) is 11.5 Å². The third kappa shape index (κ3) is 4.04. The molecule has 1 aromatic carbocycles. The minimum atomic E-state index is -0.258. The molecule has 25 heavy (non-hydrogen) atoms. The Morgan fingerprint density at radius 2 is 1.92 bits per heavy atom. The summed E-state index contributed by atoms with van der Waals surface area (Å²) in [4.78, 5) is 14.7. The molecule has 0 unspecified atom stereocenters. The Kier molecular flexibility index (Phi) is 5.75. The zero-order valence-electron chi connectivity index (χ0n) is 15.1. The van der Waals surface area contributed by atoms with Gasteiger partial charge in [-0.1, -0.05) is 19.8 Å². The summed E-state index contributed by atoms with van der Waals surface area (Å²) < 4.78 is 0. The maximum atomic E-state index is 12.2. The van der Waals surface area contributed by atoms with Gasteiger partial charge in [-0.2, -0.15) is 5.26 Å². The van der Waals surface area contributed by atoms with Gasteiger partial charge in [0.1, 0.15) is 11.6 Å². The van der Waals surface area contributed by atoms with Crippen molar-refractivity contribution in [3.8, 4) is 6.07 Å². The van der Waals surface area contributed by atoms with Crippen LogP contribution in [-0.4, -0.2) is 25.5 Å². The number of nitrogens with one attached hydrogen (secondary N) is 1. The molecular formula is C21H27N3O. The van der Waals surface area contributed by atoms with Crippen molar-refractivity contribution in [2.45, 2.75) is 51.9 Å². The number of carbonyl (C=O) groups excluding carboxylic acids is 1. The molecule has 0 saturated carbocycles. The molecule has 0 radical (unpaired) electrons. The fourth-order valence-electron chi connectivity index (χ4n) is 3.90. The van der Waals surface area contributed by atoms with E-state index in [9.17, 15) is 10.1 Å². The fraction of sp³-hybridized carbons (Fsp3) is 0.524. The highest BCUT2D eigenvalue weighted by Crippen LogP contribution is 2.36. The summed E-state index contributed by atoms with van der Waals surface area (Å²) in [6.07, 6.45) is 9.46. The lowest BCUT2D eigenvalue weighted by molar-refractivity contribution is -0.117. The Morgan fingerprint density at radius 3 is 2.52 bits per heavy atom. The molecule has 3 rings (SSSR count). The number of aryl methyl sites for hydroxylation is 2. The monoisotopic (exact) mass is 337 g/mol. The van der Waals surface area contributed by atoms with Gasteiger partial charge in [0.15, 0.2) is 0 Å². The van der Waals surface area contributed by atoms with E-state index in [1.54, 1.807) is 6.08 Å². The van der Waals surface area contributed by atoms with Crippen LogP contribution >= 0.6 is 0 Å². The van der Waals surface area contributed by atoms with Crippen molar-refractivity contribution in [1.29, 1.82) is 5.26 Å². The topological polar surface area (TPSA) is 56.1 Å². The van der Waals surface area contributed by atoms with Gasteiger partial charge in [-0.25, -0.2) is 0 Å². The predicted octanol–water partition coefficient (Wildman–Crippen LogP) is 3.60. The molecule has 0 bridgehead atoms.